The highest BCUT2D eigenvalue weighted by Gasteiger charge is 2.54. The van der Waals surface area contributed by atoms with Gasteiger partial charge in [-0.15, -0.1) is 34.7 Å². The zero-order valence-electron chi connectivity index (χ0n) is 23.7. The number of nitrogens with one attached hydrogen (secondary N) is 1. The second-order valence-corrected chi connectivity index (χ2v) is 12.1. The van der Waals surface area contributed by atoms with Crippen LogP contribution in [0.25, 0.3) is 0 Å². The number of carbonyl (C=O) groups is 3. The number of halogens is 1. The number of β-lactam (4-membered cyclic amide) rings is 1. The third kappa shape index (κ3) is 6.36. The lowest BCUT2D eigenvalue weighted by molar-refractivity contribution is -0.153. The van der Waals surface area contributed by atoms with E-state index in [1.807, 2.05) is 0 Å². The third-order valence-corrected chi connectivity index (χ3v) is 9.36. The fourth-order valence-electron chi connectivity index (χ4n) is 4.73. The molecule has 4 heterocycles. The first-order chi connectivity index (χ1) is 21.9. The summed E-state index contributed by atoms with van der Waals surface area (Å²) in [6, 6.07) is 11.4. The molecule has 2 atom stereocenters. The Morgan fingerprint density at radius 1 is 1.16 bits per heavy atom. The molecule has 13 nitrogen and oxygen atoms in total. The Morgan fingerprint density at radius 3 is 2.67 bits per heavy atom. The average Bonchev–Trinajstić information content (AvgIpc) is 3.72. The molecule has 16 heteroatoms. The number of nitrogens with two attached hydrogens (primary N) is 1. The predicted octanol–water partition coefficient (Wildman–Crippen LogP) is 3.02. The number of nitrogens with zero attached hydrogens (tertiary/aromatic N) is 3. The smallest absolute Gasteiger partial charge is 0.355 e. The summed E-state index contributed by atoms with van der Waals surface area (Å²) >= 11 is 8.65. The lowest BCUT2D eigenvalue weighted by atomic mass is 10.0. The van der Waals surface area contributed by atoms with E-state index in [9.17, 15) is 14.4 Å². The van der Waals surface area contributed by atoms with Crippen LogP contribution in [-0.4, -0.2) is 70.3 Å². The Morgan fingerprint density at radius 2 is 1.93 bits per heavy atom. The summed E-state index contributed by atoms with van der Waals surface area (Å²) in [4.78, 5) is 51.0. The largest absolute Gasteiger partial charge is 0.497 e. The van der Waals surface area contributed by atoms with Crippen molar-refractivity contribution < 1.29 is 38.2 Å². The summed E-state index contributed by atoms with van der Waals surface area (Å²) in [7, 11) is 1.56. The molecule has 234 valence electrons. The van der Waals surface area contributed by atoms with Gasteiger partial charge in [-0.25, -0.2) is 9.78 Å². The molecule has 0 bridgehead atoms. The highest BCUT2D eigenvalue weighted by molar-refractivity contribution is 8.00. The van der Waals surface area contributed by atoms with Crippen molar-refractivity contribution in [3.8, 4) is 17.2 Å². The fourth-order valence-corrected chi connectivity index (χ4v) is 6.95. The lowest BCUT2D eigenvalue weighted by Gasteiger charge is -2.49. The molecule has 3 aromatic rings. The molecule has 1 aromatic heterocycles. The molecule has 0 radical (unpaired) electrons. The van der Waals surface area contributed by atoms with E-state index in [1.54, 1.807) is 55.0 Å². The number of esters is 1. The van der Waals surface area contributed by atoms with Crippen molar-refractivity contribution in [1.29, 1.82) is 0 Å². The van der Waals surface area contributed by atoms with E-state index in [-0.39, 0.29) is 48.1 Å². The number of hydrogen-bond acceptors (Lipinski definition) is 13. The van der Waals surface area contributed by atoms with Gasteiger partial charge in [-0.2, -0.15) is 0 Å². The molecule has 0 unspecified atom stereocenters. The van der Waals surface area contributed by atoms with Crippen LogP contribution in [0.5, 0.6) is 17.2 Å². The minimum Gasteiger partial charge on any atom is -0.497 e. The van der Waals surface area contributed by atoms with Crippen molar-refractivity contribution in [3.05, 3.63) is 75.9 Å². The maximum Gasteiger partial charge on any atom is 0.355 e. The molecule has 0 spiro atoms. The van der Waals surface area contributed by atoms with E-state index < -0.39 is 29.2 Å². The van der Waals surface area contributed by atoms with E-state index in [0.717, 1.165) is 22.5 Å². The molecule has 3 N–H and O–H groups in total. The number of fused-ring (bicyclic) bond motifs is 2. The first kappa shape index (κ1) is 30.6. The lowest BCUT2D eigenvalue weighted by Crippen LogP contribution is -2.71. The zero-order valence-corrected chi connectivity index (χ0v) is 26.1. The van der Waals surface area contributed by atoms with Crippen LogP contribution >= 0.6 is 34.7 Å². The van der Waals surface area contributed by atoms with Crippen LogP contribution < -0.4 is 25.3 Å². The van der Waals surface area contributed by atoms with Crippen LogP contribution in [0.4, 0.5) is 5.13 Å². The number of nitrogen functional groups attached to an aromatic ring is 1. The number of anilines is 1. The first-order valence-corrected chi connectivity index (χ1v) is 16.0. The van der Waals surface area contributed by atoms with E-state index in [2.05, 4.69) is 15.5 Å². The predicted molar refractivity (Wildman–Crippen MR) is 166 cm³/mol. The van der Waals surface area contributed by atoms with Gasteiger partial charge in [-0.1, -0.05) is 23.4 Å². The summed E-state index contributed by atoms with van der Waals surface area (Å²) in [6.45, 7) is 0.152. The highest BCUT2D eigenvalue weighted by atomic mass is 35.5. The second-order valence-electron chi connectivity index (χ2n) is 9.84. The van der Waals surface area contributed by atoms with E-state index in [1.165, 1.54) is 16.7 Å². The Kier molecular flexibility index (Phi) is 9.00. The first-order valence-electron chi connectivity index (χ1n) is 13.5. The molecule has 45 heavy (non-hydrogen) atoms. The quantitative estimate of drug-likeness (QED) is 0.101. The number of methoxy groups -OCH3 is 1. The number of hydrogen-bond donors (Lipinski definition) is 2. The van der Waals surface area contributed by atoms with Crippen LogP contribution in [0.2, 0.25) is 0 Å². The van der Waals surface area contributed by atoms with Gasteiger partial charge < -0.3 is 34.8 Å². The number of amides is 2. The van der Waals surface area contributed by atoms with Gasteiger partial charge in [0.15, 0.2) is 22.3 Å². The molecule has 3 aliphatic heterocycles. The molecular weight excluding hydrogens is 646 g/mol. The Hall–Kier alpha value is -4.47. The van der Waals surface area contributed by atoms with Crippen LogP contribution in [0.3, 0.4) is 0 Å². The van der Waals surface area contributed by atoms with Crippen molar-refractivity contribution in [2.75, 3.05) is 31.3 Å². The van der Waals surface area contributed by atoms with Crippen molar-refractivity contribution >= 4 is 63.3 Å². The summed E-state index contributed by atoms with van der Waals surface area (Å²) in [5, 5.41) is 8.00. The maximum atomic E-state index is 13.5. The van der Waals surface area contributed by atoms with Gasteiger partial charge in [0.05, 0.1) is 7.11 Å². The maximum absolute atomic E-state index is 13.5. The minimum atomic E-state index is -0.946. The second kappa shape index (κ2) is 13.3. The molecule has 1 fully saturated rings. The standard InChI is InChI=1S/C29H26ClN5O8S2/c1-39-18-5-2-15(3-6-18)10-40-28(38)24-17(9-30)12-44-27-23(26(37)35(24)27)33-25(36)22(19-13-45-29(31)32-19)34-43-11-16-4-7-20-21(8-16)42-14-41-20/h2-8,13,23,27H,9-12,14H2,1H3,(H2,31,32)(H,33,36)/b34-22-/t23-,27-/m1/s1. The number of ether oxygens (including phenoxy) is 4. The number of benzene rings is 2. The Balaban J connectivity index is 1.13. The van der Waals surface area contributed by atoms with Crippen LogP contribution in [0.15, 0.2) is 64.3 Å². The van der Waals surface area contributed by atoms with Gasteiger partial charge in [-0.05, 0) is 41.0 Å². The number of alkyl halides is 1. The van der Waals surface area contributed by atoms with Gasteiger partial charge in [-0.3, -0.25) is 14.5 Å². The number of rotatable bonds is 11. The third-order valence-electron chi connectivity index (χ3n) is 7.02. The molecule has 1 saturated heterocycles. The SMILES string of the molecule is COc1ccc(COC(=O)C2=C(CCl)CS[C@@H]3[C@H](NC(=O)/C(=N\OCc4ccc5c(c4)OCO5)c4csc(N)n4)C(=O)N23)cc1. The van der Waals surface area contributed by atoms with E-state index in [4.69, 9.17) is 41.1 Å². The monoisotopic (exact) mass is 671 g/mol. The molecule has 6 rings (SSSR count). The Bertz CT molecular complexity index is 1700. The fraction of sp³-hybridized carbons (Fsp3) is 0.276. The van der Waals surface area contributed by atoms with Crippen LogP contribution in [0.1, 0.15) is 16.8 Å². The van der Waals surface area contributed by atoms with Gasteiger partial charge in [0.2, 0.25) is 6.79 Å². The number of thiazole rings is 1. The molecule has 2 aromatic carbocycles. The molecule has 3 aliphatic rings. The van der Waals surface area contributed by atoms with Crippen LogP contribution in [0, 0.1) is 0 Å². The van der Waals surface area contributed by atoms with E-state index >= 15 is 0 Å². The summed E-state index contributed by atoms with van der Waals surface area (Å²) in [5.41, 5.74) is 7.96. The molecular formula is C29H26ClN5O8S2. The molecule has 0 saturated carbocycles. The zero-order chi connectivity index (χ0) is 31.5. The van der Waals surface area contributed by atoms with Crippen LogP contribution in [-0.2, 0) is 37.2 Å². The summed E-state index contributed by atoms with van der Waals surface area (Å²) in [6.07, 6.45) is 0. The minimum absolute atomic E-state index is 0.00917. The van der Waals surface area contributed by atoms with E-state index in [0.29, 0.717) is 28.6 Å². The van der Waals surface area contributed by atoms with Crippen molar-refractivity contribution in [2.45, 2.75) is 24.6 Å². The highest BCUT2D eigenvalue weighted by Crippen LogP contribution is 2.41. The van der Waals surface area contributed by atoms with Crippen molar-refractivity contribution in [1.82, 2.24) is 15.2 Å². The topological polar surface area (TPSA) is 164 Å². The van der Waals surface area contributed by atoms with Crippen molar-refractivity contribution in [3.63, 3.8) is 0 Å². The normalized spacial score (nSPS) is 18.7. The number of aromatic nitrogens is 1. The van der Waals surface area contributed by atoms with Gasteiger partial charge in [0, 0.05) is 17.0 Å². The number of oxime groups is 1. The van der Waals surface area contributed by atoms with Gasteiger partial charge in [0.1, 0.15) is 41.8 Å². The number of carbonyl (C=O) groups excluding carboxylic acids is 3. The number of thioether (sulfide) groups is 1. The van der Waals surface area contributed by atoms with Crippen molar-refractivity contribution in [2.24, 2.45) is 5.16 Å². The summed E-state index contributed by atoms with van der Waals surface area (Å²) < 4.78 is 21.4. The molecule has 0 aliphatic carbocycles. The van der Waals surface area contributed by atoms with Gasteiger partial charge in [0.25, 0.3) is 11.8 Å². The van der Waals surface area contributed by atoms with Gasteiger partial charge >= 0.3 is 5.97 Å². The summed E-state index contributed by atoms with van der Waals surface area (Å²) in [5.74, 6) is 0.433. The molecule has 2 amide bonds. The Labute approximate surface area is 270 Å². The average molecular weight is 672 g/mol.